The zero-order chi connectivity index (χ0) is 29.7. The van der Waals surface area contributed by atoms with Crippen molar-refractivity contribution in [3.05, 3.63) is 152 Å². The van der Waals surface area contributed by atoms with Crippen LogP contribution < -0.4 is 0 Å². The van der Waals surface area contributed by atoms with Gasteiger partial charge in [0.25, 0.3) is 0 Å². The van der Waals surface area contributed by atoms with E-state index in [1.54, 1.807) is 0 Å². The number of rotatable bonds is 4. The van der Waals surface area contributed by atoms with E-state index < -0.39 is 0 Å². The predicted molar refractivity (Wildman–Crippen MR) is 184 cm³/mol. The zero-order valence-corrected chi connectivity index (χ0v) is 24.2. The van der Waals surface area contributed by atoms with E-state index in [0.29, 0.717) is 17.5 Å². The van der Waals surface area contributed by atoms with E-state index in [-0.39, 0.29) is 0 Å². The van der Waals surface area contributed by atoms with Crippen LogP contribution in [0.5, 0.6) is 0 Å². The molecule has 0 fully saturated rings. The number of nitrogens with zero attached hydrogens (tertiary/aromatic N) is 3. The molecule has 0 aliphatic carbocycles. The number of hydrogen-bond acceptors (Lipinski definition) is 4. The molecule has 0 radical (unpaired) electrons. The molecule has 9 aromatic rings. The number of aromatic nitrogens is 3. The maximum Gasteiger partial charge on any atom is 0.164 e. The highest BCUT2D eigenvalue weighted by molar-refractivity contribution is 6.19. The predicted octanol–water partition coefficient (Wildman–Crippen LogP) is 10.7. The largest absolute Gasteiger partial charge is 0.456 e. The second-order valence-corrected chi connectivity index (χ2v) is 11.3. The van der Waals surface area contributed by atoms with Crippen molar-refractivity contribution in [3.63, 3.8) is 0 Å². The van der Waals surface area contributed by atoms with E-state index >= 15 is 0 Å². The molecule has 0 aliphatic heterocycles. The van der Waals surface area contributed by atoms with Gasteiger partial charge in [0, 0.05) is 27.5 Å². The lowest BCUT2D eigenvalue weighted by molar-refractivity contribution is 0.669. The van der Waals surface area contributed by atoms with Crippen molar-refractivity contribution in [1.29, 1.82) is 0 Å². The Morgan fingerprint density at radius 2 is 0.978 bits per heavy atom. The third-order valence-electron chi connectivity index (χ3n) is 8.51. The van der Waals surface area contributed by atoms with E-state index in [1.807, 2.05) is 36.4 Å². The molecular formula is C41H25N3O. The molecule has 4 nitrogen and oxygen atoms in total. The molecule has 0 saturated carbocycles. The number of benzene rings is 7. The molecule has 0 unspecified atom stereocenters. The van der Waals surface area contributed by atoms with Crippen LogP contribution in [0.1, 0.15) is 0 Å². The van der Waals surface area contributed by atoms with Crippen LogP contribution in [0.2, 0.25) is 0 Å². The zero-order valence-electron chi connectivity index (χ0n) is 24.2. The molecule has 0 atom stereocenters. The van der Waals surface area contributed by atoms with Crippen molar-refractivity contribution in [3.8, 4) is 45.3 Å². The molecule has 2 heterocycles. The summed E-state index contributed by atoms with van der Waals surface area (Å²) in [6, 6.07) is 52.2. The molecule has 9 rings (SSSR count). The lowest BCUT2D eigenvalue weighted by atomic mass is 9.96. The fourth-order valence-corrected chi connectivity index (χ4v) is 6.31. The summed E-state index contributed by atoms with van der Waals surface area (Å²) in [7, 11) is 0. The third kappa shape index (κ3) is 4.35. The fourth-order valence-electron chi connectivity index (χ4n) is 6.31. The molecule has 0 aliphatic rings. The van der Waals surface area contributed by atoms with E-state index in [1.165, 1.54) is 16.2 Å². The van der Waals surface area contributed by atoms with Gasteiger partial charge in [-0.15, -0.1) is 0 Å². The first-order valence-electron chi connectivity index (χ1n) is 15.0. The van der Waals surface area contributed by atoms with Crippen LogP contribution in [0.3, 0.4) is 0 Å². The van der Waals surface area contributed by atoms with E-state index in [2.05, 4.69) is 115 Å². The highest BCUT2D eigenvalue weighted by atomic mass is 16.3. The maximum atomic E-state index is 6.29. The minimum atomic E-state index is 0.630. The third-order valence-corrected chi connectivity index (χ3v) is 8.51. The van der Waals surface area contributed by atoms with Crippen LogP contribution in [0, 0.1) is 0 Å². The summed E-state index contributed by atoms with van der Waals surface area (Å²) in [4.78, 5) is 15.1. The molecule has 7 aromatic carbocycles. The molecule has 0 bridgehead atoms. The van der Waals surface area contributed by atoms with Gasteiger partial charge in [-0.2, -0.15) is 0 Å². The lowest BCUT2D eigenvalue weighted by Gasteiger charge is -2.12. The van der Waals surface area contributed by atoms with Crippen LogP contribution in [0.15, 0.2) is 156 Å². The average Bonchev–Trinajstić information content (AvgIpc) is 3.50. The standard InChI is InChI=1S/C41H25N3O/c1-2-12-28(13-3-1)39-42-40(31-19-18-26-10-4-5-14-29(26)24-31)44-41(43-39)34-17-9-8-15-32(34)30-21-22-36-35(25-30)38-33-16-7-6-11-27(33)20-23-37(38)45-36/h1-25H. The minimum Gasteiger partial charge on any atom is -0.456 e. The number of hydrogen-bond donors (Lipinski definition) is 0. The summed E-state index contributed by atoms with van der Waals surface area (Å²) >= 11 is 0. The topological polar surface area (TPSA) is 51.8 Å². The van der Waals surface area contributed by atoms with E-state index in [0.717, 1.165) is 55.1 Å². The minimum absolute atomic E-state index is 0.630. The van der Waals surface area contributed by atoms with Gasteiger partial charge in [-0.3, -0.25) is 0 Å². The van der Waals surface area contributed by atoms with Crippen molar-refractivity contribution >= 4 is 43.5 Å². The Kier molecular flexibility index (Phi) is 5.78. The Hall–Kier alpha value is -6.13. The van der Waals surface area contributed by atoms with Crippen molar-refractivity contribution in [2.75, 3.05) is 0 Å². The van der Waals surface area contributed by atoms with Gasteiger partial charge in [0.1, 0.15) is 11.2 Å². The van der Waals surface area contributed by atoms with Crippen LogP contribution >= 0.6 is 0 Å². The monoisotopic (exact) mass is 575 g/mol. The summed E-state index contributed by atoms with van der Waals surface area (Å²) in [5.41, 5.74) is 6.71. The number of furan rings is 1. The average molecular weight is 576 g/mol. The smallest absolute Gasteiger partial charge is 0.164 e. The second kappa shape index (κ2) is 10.2. The summed E-state index contributed by atoms with van der Waals surface area (Å²) in [5, 5.41) is 6.92. The van der Waals surface area contributed by atoms with Crippen molar-refractivity contribution in [2.24, 2.45) is 0 Å². The van der Waals surface area contributed by atoms with Gasteiger partial charge in [0.05, 0.1) is 0 Å². The maximum absolute atomic E-state index is 6.29. The van der Waals surface area contributed by atoms with Crippen LogP contribution in [0.4, 0.5) is 0 Å². The van der Waals surface area contributed by atoms with Gasteiger partial charge >= 0.3 is 0 Å². The lowest BCUT2D eigenvalue weighted by Crippen LogP contribution is -2.01. The summed E-state index contributed by atoms with van der Waals surface area (Å²) < 4.78 is 6.29. The van der Waals surface area contributed by atoms with Gasteiger partial charge in [-0.05, 0) is 56.9 Å². The Morgan fingerprint density at radius 3 is 1.84 bits per heavy atom. The first kappa shape index (κ1) is 25.4. The summed E-state index contributed by atoms with van der Waals surface area (Å²) in [5.74, 6) is 1.91. The van der Waals surface area contributed by atoms with Crippen molar-refractivity contribution in [2.45, 2.75) is 0 Å². The van der Waals surface area contributed by atoms with Crippen molar-refractivity contribution < 1.29 is 4.42 Å². The highest BCUT2D eigenvalue weighted by Gasteiger charge is 2.17. The molecule has 0 spiro atoms. The fraction of sp³-hybridized carbons (Fsp3) is 0. The molecular weight excluding hydrogens is 550 g/mol. The van der Waals surface area contributed by atoms with Gasteiger partial charge in [-0.25, -0.2) is 15.0 Å². The first-order chi connectivity index (χ1) is 22.3. The molecule has 0 amide bonds. The summed E-state index contributed by atoms with van der Waals surface area (Å²) in [6.07, 6.45) is 0. The first-order valence-corrected chi connectivity index (χ1v) is 15.0. The van der Waals surface area contributed by atoms with Gasteiger partial charge in [0.2, 0.25) is 0 Å². The Bertz CT molecular complexity index is 2550. The quantitative estimate of drug-likeness (QED) is 0.209. The van der Waals surface area contributed by atoms with Gasteiger partial charge < -0.3 is 4.42 Å². The molecule has 0 saturated heterocycles. The Labute approximate surface area is 259 Å². The van der Waals surface area contributed by atoms with Crippen molar-refractivity contribution in [1.82, 2.24) is 15.0 Å². The van der Waals surface area contributed by atoms with E-state index in [4.69, 9.17) is 19.4 Å². The SMILES string of the molecule is c1ccc(-c2nc(-c3ccc4ccccc4c3)nc(-c3ccccc3-c3ccc4oc5ccc6ccccc6c5c4c3)n2)cc1. The number of fused-ring (bicyclic) bond motifs is 6. The highest BCUT2D eigenvalue weighted by Crippen LogP contribution is 2.39. The summed E-state index contributed by atoms with van der Waals surface area (Å²) in [6.45, 7) is 0. The Balaban J connectivity index is 1.25. The van der Waals surface area contributed by atoms with E-state index in [9.17, 15) is 0 Å². The molecule has 210 valence electrons. The van der Waals surface area contributed by atoms with Crippen LogP contribution in [0.25, 0.3) is 88.8 Å². The van der Waals surface area contributed by atoms with Crippen LogP contribution in [-0.4, -0.2) is 15.0 Å². The normalized spacial score (nSPS) is 11.6. The molecule has 45 heavy (non-hydrogen) atoms. The Morgan fingerprint density at radius 1 is 0.356 bits per heavy atom. The van der Waals surface area contributed by atoms with Gasteiger partial charge in [0.15, 0.2) is 17.5 Å². The van der Waals surface area contributed by atoms with Gasteiger partial charge in [-0.1, -0.05) is 127 Å². The molecule has 0 N–H and O–H groups in total. The van der Waals surface area contributed by atoms with Crippen LogP contribution in [-0.2, 0) is 0 Å². The second-order valence-electron chi connectivity index (χ2n) is 11.3. The molecule has 2 aromatic heterocycles. The molecule has 4 heteroatoms.